The van der Waals surface area contributed by atoms with Gasteiger partial charge in [-0.1, -0.05) is 19.1 Å². The second-order valence-electron chi connectivity index (χ2n) is 4.89. The van der Waals surface area contributed by atoms with E-state index in [0.717, 1.165) is 12.0 Å². The third kappa shape index (κ3) is 5.33. The molecule has 0 bridgehead atoms. The van der Waals surface area contributed by atoms with Gasteiger partial charge in [0.15, 0.2) is 6.61 Å². The molecular formula is C17H19NO3S. The van der Waals surface area contributed by atoms with Gasteiger partial charge in [-0.15, -0.1) is 0 Å². The molecule has 0 spiro atoms. The summed E-state index contributed by atoms with van der Waals surface area (Å²) in [5, 5.41) is 6.67. The van der Waals surface area contributed by atoms with Crippen molar-refractivity contribution in [2.45, 2.75) is 26.2 Å². The molecule has 1 aromatic heterocycles. The van der Waals surface area contributed by atoms with Crippen molar-refractivity contribution < 1.29 is 14.3 Å². The minimum Gasteiger partial charge on any atom is -0.456 e. The van der Waals surface area contributed by atoms with Gasteiger partial charge in [-0.3, -0.25) is 9.59 Å². The second-order valence-corrected chi connectivity index (χ2v) is 5.67. The first-order chi connectivity index (χ1) is 10.7. The van der Waals surface area contributed by atoms with Gasteiger partial charge in [-0.2, -0.15) is 11.3 Å². The molecule has 116 valence electrons. The Balaban J connectivity index is 1.69. The summed E-state index contributed by atoms with van der Waals surface area (Å²) in [6.07, 6.45) is 1.88. The number of benzene rings is 1. The van der Waals surface area contributed by atoms with E-state index in [9.17, 15) is 9.59 Å². The average Bonchev–Trinajstić information content (AvgIpc) is 3.05. The highest BCUT2D eigenvalue weighted by Crippen LogP contribution is 2.10. The Labute approximate surface area is 134 Å². The number of thiophene rings is 1. The zero-order chi connectivity index (χ0) is 15.8. The maximum atomic E-state index is 11.7. The first kappa shape index (κ1) is 16.2. The molecule has 0 unspecified atom stereocenters. The van der Waals surface area contributed by atoms with Gasteiger partial charge >= 0.3 is 5.97 Å². The van der Waals surface area contributed by atoms with Crippen LogP contribution in [0.1, 0.15) is 24.5 Å². The molecule has 1 N–H and O–H groups in total. The third-order valence-corrected chi connectivity index (χ3v) is 3.94. The minimum absolute atomic E-state index is 0.252. The maximum Gasteiger partial charge on any atom is 0.306 e. The van der Waals surface area contributed by atoms with Crippen LogP contribution in [0.5, 0.6) is 0 Å². The summed E-state index contributed by atoms with van der Waals surface area (Å²) in [6, 6.07) is 9.58. The number of aryl methyl sites for hydroxylation is 2. The summed E-state index contributed by atoms with van der Waals surface area (Å²) in [5.74, 6) is -0.684. The molecule has 0 atom stereocenters. The van der Waals surface area contributed by atoms with E-state index < -0.39 is 0 Å². The van der Waals surface area contributed by atoms with Crippen molar-refractivity contribution in [3.63, 3.8) is 0 Å². The summed E-state index contributed by atoms with van der Waals surface area (Å²) in [4.78, 5) is 23.3. The Kier molecular flexibility index (Phi) is 6.15. The van der Waals surface area contributed by atoms with E-state index in [4.69, 9.17) is 4.74 Å². The SMILES string of the molecule is CCc1ccc(NC(=O)COC(=O)CCc2ccsc2)cc1. The van der Waals surface area contributed by atoms with Crippen molar-refractivity contribution in [2.24, 2.45) is 0 Å². The van der Waals surface area contributed by atoms with Crippen LogP contribution in [-0.4, -0.2) is 18.5 Å². The Morgan fingerprint density at radius 2 is 1.91 bits per heavy atom. The van der Waals surface area contributed by atoms with Gasteiger partial charge in [0.25, 0.3) is 5.91 Å². The number of nitrogens with one attached hydrogen (secondary N) is 1. The van der Waals surface area contributed by atoms with Gasteiger partial charge in [0, 0.05) is 12.1 Å². The number of ether oxygens (including phenoxy) is 1. The Bertz CT molecular complexity index is 605. The van der Waals surface area contributed by atoms with E-state index >= 15 is 0 Å². The van der Waals surface area contributed by atoms with Crippen molar-refractivity contribution in [1.29, 1.82) is 0 Å². The summed E-state index contributed by atoms with van der Waals surface area (Å²) in [7, 11) is 0. The highest BCUT2D eigenvalue weighted by molar-refractivity contribution is 7.07. The standard InChI is InChI=1S/C17H19NO3S/c1-2-13-3-6-15(7-4-13)18-16(19)11-21-17(20)8-5-14-9-10-22-12-14/h3-4,6-7,9-10,12H,2,5,8,11H2,1H3,(H,18,19). The number of amides is 1. The van der Waals surface area contributed by atoms with Crippen molar-refractivity contribution in [3.05, 3.63) is 52.2 Å². The van der Waals surface area contributed by atoms with E-state index in [1.54, 1.807) is 11.3 Å². The molecule has 2 aromatic rings. The lowest BCUT2D eigenvalue weighted by Gasteiger charge is -2.07. The molecule has 1 amide bonds. The highest BCUT2D eigenvalue weighted by atomic mass is 32.1. The largest absolute Gasteiger partial charge is 0.456 e. The fraction of sp³-hybridized carbons (Fsp3) is 0.294. The average molecular weight is 317 g/mol. The Hall–Kier alpha value is -2.14. The lowest BCUT2D eigenvalue weighted by molar-refractivity contribution is -0.147. The lowest BCUT2D eigenvalue weighted by atomic mass is 10.1. The van der Waals surface area contributed by atoms with Crippen LogP contribution < -0.4 is 5.32 Å². The molecule has 1 aromatic carbocycles. The van der Waals surface area contributed by atoms with E-state index in [-0.39, 0.29) is 24.9 Å². The highest BCUT2D eigenvalue weighted by Gasteiger charge is 2.08. The smallest absolute Gasteiger partial charge is 0.306 e. The number of anilines is 1. The summed E-state index contributed by atoms with van der Waals surface area (Å²) < 4.78 is 4.97. The monoisotopic (exact) mass is 317 g/mol. The molecule has 4 nitrogen and oxygen atoms in total. The number of esters is 1. The zero-order valence-electron chi connectivity index (χ0n) is 12.5. The number of hydrogen-bond donors (Lipinski definition) is 1. The predicted octanol–water partition coefficient (Wildman–Crippen LogP) is 3.43. The van der Waals surface area contributed by atoms with E-state index in [0.29, 0.717) is 12.1 Å². The normalized spacial score (nSPS) is 10.2. The molecule has 1 heterocycles. The van der Waals surface area contributed by atoms with Crippen LogP contribution in [0.4, 0.5) is 5.69 Å². The minimum atomic E-state index is -0.359. The molecule has 0 saturated heterocycles. The topological polar surface area (TPSA) is 55.4 Å². The van der Waals surface area contributed by atoms with Gasteiger partial charge in [-0.05, 0) is 52.9 Å². The molecule has 0 aliphatic rings. The summed E-state index contributed by atoms with van der Waals surface area (Å²) in [5.41, 5.74) is 3.02. The zero-order valence-corrected chi connectivity index (χ0v) is 13.3. The summed E-state index contributed by atoms with van der Waals surface area (Å²) >= 11 is 1.60. The van der Waals surface area contributed by atoms with Gasteiger partial charge in [0.05, 0.1) is 0 Å². The van der Waals surface area contributed by atoms with Crippen LogP contribution in [0.3, 0.4) is 0 Å². The van der Waals surface area contributed by atoms with Crippen molar-refractivity contribution in [1.82, 2.24) is 0 Å². The van der Waals surface area contributed by atoms with Crippen LogP contribution in [0.25, 0.3) is 0 Å². The van der Waals surface area contributed by atoms with Gasteiger partial charge in [0.1, 0.15) is 0 Å². The van der Waals surface area contributed by atoms with Crippen molar-refractivity contribution >= 4 is 28.9 Å². The third-order valence-electron chi connectivity index (χ3n) is 3.21. The van der Waals surface area contributed by atoms with Crippen molar-refractivity contribution in [2.75, 3.05) is 11.9 Å². The number of rotatable bonds is 7. The lowest BCUT2D eigenvalue weighted by Crippen LogP contribution is -2.21. The molecule has 0 radical (unpaired) electrons. The molecule has 22 heavy (non-hydrogen) atoms. The fourth-order valence-corrected chi connectivity index (χ4v) is 2.62. The van der Waals surface area contributed by atoms with Gasteiger partial charge in [0.2, 0.25) is 0 Å². The Morgan fingerprint density at radius 3 is 2.55 bits per heavy atom. The maximum absolute atomic E-state index is 11.7. The fourth-order valence-electron chi connectivity index (χ4n) is 1.92. The summed E-state index contributed by atoms with van der Waals surface area (Å²) in [6.45, 7) is 1.82. The van der Waals surface area contributed by atoms with Crippen LogP contribution in [0, 0.1) is 0 Å². The van der Waals surface area contributed by atoms with Gasteiger partial charge in [-0.25, -0.2) is 0 Å². The first-order valence-corrected chi connectivity index (χ1v) is 8.17. The van der Waals surface area contributed by atoms with Crippen LogP contribution in [0.15, 0.2) is 41.1 Å². The van der Waals surface area contributed by atoms with Crippen LogP contribution in [-0.2, 0) is 27.2 Å². The molecule has 0 aliphatic heterocycles. The molecule has 0 aliphatic carbocycles. The van der Waals surface area contributed by atoms with Crippen LogP contribution >= 0.6 is 11.3 Å². The van der Waals surface area contributed by atoms with Gasteiger partial charge < -0.3 is 10.1 Å². The van der Waals surface area contributed by atoms with Crippen LogP contribution in [0.2, 0.25) is 0 Å². The number of hydrogen-bond acceptors (Lipinski definition) is 4. The van der Waals surface area contributed by atoms with E-state index in [2.05, 4.69) is 12.2 Å². The van der Waals surface area contributed by atoms with E-state index in [1.165, 1.54) is 5.56 Å². The second kappa shape index (κ2) is 8.34. The molecular weight excluding hydrogens is 298 g/mol. The van der Waals surface area contributed by atoms with Crippen molar-refractivity contribution in [3.8, 4) is 0 Å². The number of carbonyl (C=O) groups is 2. The molecule has 2 rings (SSSR count). The molecule has 5 heteroatoms. The molecule has 0 fully saturated rings. The molecule has 0 saturated carbocycles. The Morgan fingerprint density at radius 1 is 1.14 bits per heavy atom. The predicted molar refractivity (Wildman–Crippen MR) is 88.0 cm³/mol. The number of carbonyl (C=O) groups excluding carboxylic acids is 2. The quantitative estimate of drug-likeness (QED) is 0.796. The first-order valence-electron chi connectivity index (χ1n) is 7.23. The van der Waals surface area contributed by atoms with E-state index in [1.807, 2.05) is 41.1 Å².